The van der Waals surface area contributed by atoms with Gasteiger partial charge in [0.25, 0.3) is 0 Å². The number of amides is 2. The second-order valence-corrected chi connectivity index (χ2v) is 10.3. The van der Waals surface area contributed by atoms with Gasteiger partial charge in [0.05, 0.1) is 30.6 Å². The van der Waals surface area contributed by atoms with Crippen LogP contribution in [0.4, 0.5) is 0 Å². The molecule has 3 aliphatic heterocycles. The van der Waals surface area contributed by atoms with Gasteiger partial charge in [-0.2, -0.15) is 0 Å². The summed E-state index contributed by atoms with van der Waals surface area (Å²) >= 11 is 3.62. The summed E-state index contributed by atoms with van der Waals surface area (Å²) in [6.45, 7) is 11.8. The number of aliphatic hydroxyl groups excluding tert-OH is 1. The molecule has 33 heavy (non-hydrogen) atoms. The Bertz CT molecular complexity index is 791. The molecule has 3 fully saturated rings. The van der Waals surface area contributed by atoms with E-state index in [1.54, 1.807) is 17.9 Å². The number of rotatable bonds is 12. The third-order valence-electron chi connectivity index (χ3n) is 7.01. The summed E-state index contributed by atoms with van der Waals surface area (Å²) in [5, 5.41) is 9.91. The van der Waals surface area contributed by atoms with E-state index in [9.17, 15) is 19.5 Å². The molecule has 1 spiro atoms. The zero-order chi connectivity index (χ0) is 24.3. The second-order valence-electron chi connectivity index (χ2n) is 9.14. The van der Waals surface area contributed by atoms with Crippen LogP contribution in [0, 0.1) is 11.8 Å². The summed E-state index contributed by atoms with van der Waals surface area (Å²) in [7, 11) is 0. The first-order valence-electron chi connectivity index (χ1n) is 11.7. The van der Waals surface area contributed by atoms with E-state index in [0.717, 1.165) is 19.3 Å². The molecule has 3 unspecified atom stereocenters. The van der Waals surface area contributed by atoms with Crippen LogP contribution >= 0.6 is 15.9 Å². The van der Waals surface area contributed by atoms with Gasteiger partial charge in [-0.15, -0.1) is 6.58 Å². The first-order chi connectivity index (χ1) is 15.8. The van der Waals surface area contributed by atoms with Crippen molar-refractivity contribution >= 4 is 33.7 Å². The maximum absolute atomic E-state index is 14.0. The van der Waals surface area contributed by atoms with Crippen LogP contribution in [0.2, 0.25) is 0 Å². The zero-order valence-corrected chi connectivity index (χ0v) is 21.0. The van der Waals surface area contributed by atoms with Gasteiger partial charge in [-0.3, -0.25) is 14.4 Å². The van der Waals surface area contributed by atoms with Gasteiger partial charge in [0, 0.05) is 17.9 Å². The molecule has 3 rings (SSSR count). The molecule has 184 valence electrons. The highest BCUT2D eigenvalue weighted by atomic mass is 79.9. The average Bonchev–Trinajstić information content (AvgIpc) is 3.39. The number of likely N-dealkylation sites (tertiary alicyclic amines) is 1. The largest absolute Gasteiger partial charge is 0.461 e. The van der Waals surface area contributed by atoms with Gasteiger partial charge in [0.1, 0.15) is 18.2 Å². The summed E-state index contributed by atoms with van der Waals surface area (Å²) < 4.78 is 11.7. The van der Waals surface area contributed by atoms with Gasteiger partial charge in [-0.05, 0) is 19.8 Å². The third kappa shape index (κ3) is 4.39. The highest BCUT2D eigenvalue weighted by Crippen LogP contribution is 2.60. The Morgan fingerprint density at radius 2 is 2.12 bits per heavy atom. The van der Waals surface area contributed by atoms with Crippen LogP contribution in [0.15, 0.2) is 25.3 Å². The van der Waals surface area contributed by atoms with E-state index >= 15 is 0 Å². The SMILES string of the molecule is C=CCOC(=O)[C@H]1[C@H]2C(=O)N([C@H](C)CO)C(C(=O)N(CC=C)CCCCC)C23CC(Br)[C@@H]1O3. The number of halogens is 1. The summed E-state index contributed by atoms with van der Waals surface area (Å²) in [6.07, 6.45) is 5.83. The quantitative estimate of drug-likeness (QED) is 0.181. The summed E-state index contributed by atoms with van der Waals surface area (Å²) in [5.41, 5.74) is -1.15. The summed E-state index contributed by atoms with van der Waals surface area (Å²) in [5.74, 6) is -2.76. The molecule has 3 saturated heterocycles. The van der Waals surface area contributed by atoms with Crippen molar-refractivity contribution in [2.24, 2.45) is 11.8 Å². The van der Waals surface area contributed by atoms with E-state index in [0.29, 0.717) is 19.5 Å². The number of esters is 1. The van der Waals surface area contributed by atoms with Crippen LogP contribution in [-0.2, 0) is 23.9 Å². The Morgan fingerprint density at radius 1 is 1.39 bits per heavy atom. The van der Waals surface area contributed by atoms with Crippen molar-refractivity contribution in [2.75, 3.05) is 26.3 Å². The molecule has 9 heteroatoms. The Morgan fingerprint density at radius 3 is 2.73 bits per heavy atom. The number of carbonyl (C=O) groups is 3. The number of unbranched alkanes of at least 4 members (excludes halogenated alkanes) is 2. The maximum atomic E-state index is 14.0. The molecule has 0 aromatic heterocycles. The smallest absolute Gasteiger partial charge is 0.312 e. The molecule has 3 aliphatic rings. The predicted molar refractivity (Wildman–Crippen MR) is 127 cm³/mol. The molecular formula is C24H35BrN2O6. The minimum Gasteiger partial charge on any atom is -0.461 e. The fraction of sp³-hybridized carbons (Fsp3) is 0.708. The van der Waals surface area contributed by atoms with Gasteiger partial charge in [-0.1, -0.05) is 54.4 Å². The molecule has 8 nitrogen and oxygen atoms in total. The van der Waals surface area contributed by atoms with Crippen LogP contribution in [0.25, 0.3) is 0 Å². The van der Waals surface area contributed by atoms with Crippen LogP contribution in [-0.4, -0.2) is 87.6 Å². The van der Waals surface area contributed by atoms with E-state index in [2.05, 4.69) is 36.0 Å². The third-order valence-corrected chi connectivity index (χ3v) is 7.85. The number of ether oxygens (including phenoxy) is 2. The zero-order valence-electron chi connectivity index (χ0n) is 19.5. The Kier molecular flexibility index (Phi) is 8.40. The van der Waals surface area contributed by atoms with Crippen LogP contribution in [0.3, 0.4) is 0 Å². The van der Waals surface area contributed by atoms with Gasteiger partial charge in [0.2, 0.25) is 11.8 Å². The molecule has 0 saturated carbocycles. The fourth-order valence-electron chi connectivity index (χ4n) is 5.59. The van der Waals surface area contributed by atoms with Crippen molar-refractivity contribution in [2.45, 2.75) is 68.1 Å². The molecule has 0 aromatic rings. The topological polar surface area (TPSA) is 96.4 Å². The highest BCUT2D eigenvalue weighted by molar-refractivity contribution is 9.09. The van der Waals surface area contributed by atoms with Crippen molar-refractivity contribution in [1.82, 2.24) is 9.80 Å². The molecule has 0 radical (unpaired) electrons. The second kappa shape index (κ2) is 10.7. The Hall–Kier alpha value is -1.71. The average molecular weight is 527 g/mol. The number of hydrogen-bond donors (Lipinski definition) is 1. The maximum Gasteiger partial charge on any atom is 0.312 e. The molecular weight excluding hydrogens is 492 g/mol. The van der Waals surface area contributed by atoms with Crippen molar-refractivity contribution in [3.63, 3.8) is 0 Å². The minimum atomic E-state index is -1.15. The monoisotopic (exact) mass is 526 g/mol. The van der Waals surface area contributed by atoms with Crippen molar-refractivity contribution in [1.29, 1.82) is 0 Å². The molecule has 7 atom stereocenters. The number of nitrogens with zero attached hydrogens (tertiary/aromatic N) is 2. The molecule has 2 bridgehead atoms. The van der Waals surface area contributed by atoms with Crippen molar-refractivity contribution in [3.8, 4) is 0 Å². The molecule has 0 aromatic carbocycles. The van der Waals surface area contributed by atoms with Crippen molar-refractivity contribution < 1.29 is 29.0 Å². The number of aliphatic hydroxyl groups is 1. The van der Waals surface area contributed by atoms with Crippen LogP contribution < -0.4 is 0 Å². The lowest BCUT2D eigenvalue weighted by atomic mass is 9.70. The first-order valence-corrected chi connectivity index (χ1v) is 12.6. The normalized spacial score (nSPS) is 33.0. The van der Waals surface area contributed by atoms with Gasteiger partial charge < -0.3 is 24.4 Å². The molecule has 3 heterocycles. The Balaban J connectivity index is 2.02. The van der Waals surface area contributed by atoms with Gasteiger partial charge in [0.15, 0.2) is 0 Å². The number of carbonyl (C=O) groups excluding carboxylic acids is 3. The van der Waals surface area contributed by atoms with E-state index in [-0.39, 0.29) is 29.9 Å². The lowest BCUT2D eigenvalue weighted by Gasteiger charge is -2.38. The fourth-order valence-corrected chi connectivity index (χ4v) is 6.53. The standard InChI is InChI=1S/C24H35BrN2O6/c1-5-8-9-11-26(10-6-2)22(30)20-24-13-16(25)19(33-24)17(23(31)32-12-7-3)18(24)21(29)27(20)15(4)14-28/h6-7,15-20,28H,2-3,5,8-14H2,1,4H3/t15-,16?,17+,18+,19+,20?,24?/m1/s1. The summed E-state index contributed by atoms with van der Waals surface area (Å²) in [4.78, 5) is 43.6. The van der Waals surface area contributed by atoms with Crippen LogP contribution in [0.1, 0.15) is 39.5 Å². The number of alkyl halides is 1. The van der Waals surface area contributed by atoms with E-state index in [1.807, 2.05) is 0 Å². The minimum absolute atomic E-state index is 0.0343. The number of hydrogen-bond acceptors (Lipinski definition) is 6. The number of fused-ring (bicyclic) bond motifs is 1. The van der Waals surface area contributed by atoms with E-state index in [4.69, 9.17) is 9.47 Å². The predicted octanol–water partition coefficient (Wildman–Crippen LogP) is 2.05. The lowest BCUT2D eigenvalue weighted by molar-refractivity contribution is -0.155. The molecule has 1 N–H and O–H groups in total. The first kappa shape index (κ1) is 25.9. The van der Waals surface area contributed by atoms with Crippen molar-refractivity contribution in [3.05, 3.63) is 25.3 Å². The molecule has 0 aliphatic carbocycles. The molecule has 2 amide bonds. The lowest BCUT2D eigenvalue weighted by Crippen LogP contribution is -2.58. The van der Waals surface area contributed by atoms with Crippen LogP contribution in [0.5, 0.6) is 0 Å². The van der Waals surface area contributed by atoms with Gasteiger partial charge in [-0.25, -0.2) is 0 Å². The van der Waals surface area contributed by atoms with E-state index < -0.39 is 41.6 Å². The highest BCUT2D eigenvalue weighted by Gasteiger charge is 2.77. The van der Waals surface area contributed by atoms with Gasteiger partial charge >= 0.3 is 5.97 Å². The Labute approximate surface area is 204 Å². The summed E-state index contributed by atoms with van der Waals surface area (Å²) in [6, 6.07) is -1.53. The van der Waals surface area contributed by atoms with E-state index in [1.165, 1.54) is 11.0 Å².